The average Bonchev–Trinajstić information content (AvgIpc) is 2.96. The largest absolute Gasteiger partial charge is 0.507 e. The lowest BCUT2D eigenvalue weighted by atomic mass is 9.95. The predicted octanol–water partition coefficient (Wildman–Crippen LogP) is 3.53. The number of aromatic hydroxyl groups is 1. The van der Waals surface area contributed by atoms with E-state index in [1.807, 2.05) is 32.0 Å². The second-order valence-corrected chi connectivity index (χ2v) is 7.59. The second-order valence-electron chi connectivity index (χ2n) is 7.59. The van der Waals surface area contributed by atoms with E-state index < -0.39 is 18.5 Å². The number of carbonyl (C=O) groups is 2. The topological polar surface area (TPSA) is 94.1 Å². The van der Waals surface area contributed by atoms with Gasteiger partial charge in [-0.1, -0.05) is 32.0 Å². The molecule has 2 aromatic carbocycles. The number of rotatable bonds is 6. The summed E-state index contributed by atoms with van der Waals surface area (Å²) in [6.07, 6.45) is 0.816. The number of phenols is 1. The van der Waals surface area contributed by atoms with E-state index in [0.29, 0.717) is 30.3 Å². The van der Waals surface area contributed by atoms with E-state index in [0.717, 1.165) is 12.0 Å². The van der Waals surface area contributed by atoms with Crippen molar-refractivity contribution >= 4 is 11.9 Å². The Balaban J connectivity index is 1.65. The first-order chi connectivity index (χ1) is 14.4. The van der Waals surface area contributed by atoms with E-state index in [1.165, 1.54) is 6.07 Å². The first-order valence-electron chi connectivity index (χ1n) is 10.0. The van der Waals surface area contributed by atoms with Crippen LogP contribution in [0.4, 0.5) is 0 Å². The third-order valence-electron chi connectivity index (χ3n) is 4.91. The number of amides is 1. The molecule has 160 valence electrons. The normalized spacial score (nSPS) is 14.0. The van der Waals surface area contributed by atoms with E-state index in [1.54, 1.807) is 19.1 Å². The first-order valence-corrected chi connectivity index (χ1v) is 10.0. The van der Waals surface area contributed by atoms with Crippen molar-refractivity contribution in [1.82, 2.24) is 5.32 Å². The maximum Gasteiger partial charge on any atom is 0.342 e. The molecule has 3 rings (SSSR count). The number of esters is 1. The van der Waals surface area contributed by atoms with Crippen LogP contribution in [-0.2, 0) is 9.53 Å². The zero-order valence-electron chi connectivity index (χ0n) is 17.4. The van der Waals surface area contributed by atoms with Gasteiger partial charge >= 0.3 is 5.97 Å². The van der Waals surface area contributed by atoms with Crippen molar-refractivity contribution in [3.8, 4) is 17.2 Å². The molecule has 0 saturated heterocycles. The fourth-order valence-electron chi connectivity index (χ4n) is 3.26. The standard InChI is InChI=1S/C23H27NO6/c1-14(2)21(16-8-9-18-19(12-16)29-11-5-10-28-18)24-20(25)13-30-23(27)17-7-4-6-15(3)22(17)26/h4,6-9,12,14,21,26H,5,10-11,13H2,1-3H3,(H,24,25)/t21-/m0/s1. The lowest BCUT2D eigenvalue weighted by Crippen LogP contribution is -2.35. The third-order valence-corrected chi connectivity index (χ3v) is 4.91. The van der Waals surface area contributed by atoms with Crippen molar-refractivity contribution < 1.29 is 28.9 Å². The minimum atomic E-state index is -0.747. The Kier molecular flexibility index (Phi) is 6.82. The molecule has 1 aliphatic heterocycles. The molecule has 0 unspecified atom stereocenters. The summed E-state index contributed by atoms with van der Waals surface area (Å²) in [7, 11) is 0. The molecule has 0 spiro atoms. The van der Waals surface area contributed by atoms with Crippen LogP contribution in [0, 0.1) is 12.8 Å². The lowest BCUT2D eigenvalue weighted by molar-refractivity contribution is -0.125. The number of para-hydroxylation sites is 1. The number of phenolic OH excluding ortho intramolecular Hbond substituents is 1. The number of fused-ring (bicyclic) bond motifs is 1. The highest BCUT2D eigenvalue weighted by Gasteiger charge is 2.22. The summed E-state index contributed by atoms with van der Waals surface area (Å²) in [5.74, 6) is 0.123. The average molecular weight is 413 g/mol. The molecular weight excluding hydrogens is 386 g/mol. The van der Waals surface area contributed by atoms with Gasteiger partial charge in [-0.2, -0.15) is 0 Å². The second kappa shape index (κ2) is 9.52. The minimum Gasteiger partial charge on any atom is -0.507 e. The molecule has 1 atom stereocenters. The van der Waals surface area contributed by atoms with Crippen LogP contribution in [0.25, 0.3) is 0 Å². The van der Waals surface area contributed by atoms with Gasteiger partial charge in [0.2, 0.25) is 0 Å². The summed E-state index contributed by atoms with van der Waals surface area (Å²) in [4.78, 5) is 24.7. The fourth-order valence-corrected chi connectivity index (χ4v) is 3.26. The quantitative estimate of drug-likeness (QED) is 0.704. The lowest BCUT2D eigenvalue weighted by Gasteiger charge is -2.24. The SMILES string of the molecule is Cc1cccc(C(=O)OCC(=O)N[C@H](c2ccc3c(c2)OCCCO3)C(C)C)c1O. The zero-order valence-corrected chi connectivity index (χ0v) is 17.4. The number of hydrogen-bond donors (Lipinski definition) is 2. The molecule has 0 aliphatic carbocycles. The Morgan fingerprint density at radius 3 is 2.60 bits per heavy atom. The molecule has 2 N–H and O–H groups in total. The third kappa shape index (κ3) is 5.03. The van der Waals surface area contributed by atoms with E-state index >= 15 is 0 Å². The van der Waals surface area contributed by atoms with Gasteiger partial charge in [-0.25, -0.2) is 4.79 Å². The van der Waals surface area contributed by atoms with Crippen LogP contribution in [0.3, 0.4) is 0 Å². The molecule has 7 nitrogen and oxygen atoms in total. The highest BCUT2D eigenvalue weighted by Crippen LogP contribution is 2.34. The molecule has 2 aromatic rings. The van der Waals surface area contributed by atoms with E-state index in [9.17, 15) is 14.7 Å². The molecule has 0 aromatic heterocycles. The highest BCUT2D eigenvalue weighted by molar-refractivity contribution is 5.94. The molecule has 7 heteroatoms. The molecule has 1 aliphatic rings. The van der Waals surface area contributed by atoms with Crippen LogP contribution in [-0.4, -0.2) is 36.8 Å². The number of carbonyl (C=O) groups excluding carboxylic acids is 2. The summed E-state index contributed by atoms with van der Waals surface area (Å²) >= 11 is 0. The Hall–Kier alpha value is -3.22. The zero-order chi connectivity index (χ0) is 21.7. The summed E-state index contributed by atoms with van der Waals surface area (Å²) < 4.78 is 16.5. The highest BCUT2D eigenvalue weighted by atomic mass is 16.5. The molecule has 30 heavy (non-hydrogen) atoms. The number of aryl methyl sites for hydroxylation is 1. The van der Waals surface area contributed by atoms with Gasteiger partial charge in [0.1, 0.15) is 11.3 Å². The van der Waals surface area contributed by atoms with Crippen LogP contribution in [0.2, 0.25) is 0 Å². The Labute approximate surface area is 176 Å². The number of ether oxygens (including phenoxy) is 3. The van der Waals surface area contributed by atoms with Gasteiger partial charge in [0.05, 0.1) is 19.3 Å². The first kappa shape index (κ1) is 21.5. The monoisotopic (exact) mass is 413 g/mol. The Morgan fingerprint density at radius 1 is 1.13 bits per heavy atom. The number of benzene rings is 2. The van der Waals surface area contributed by atoms with Crippen molar-refractivity contribution in [3.05, 3.63) is 53.1 Å². The smallest absolute Gasteiger partial charge is 0.342 e. The maximum absolute atomic E-state index is 12.5. The predicted molar refractivity (Wildman–Crippen MR) is 111 cm³/mol. The van der Waals surface area contributed by atoms with Crippen molar-refractivity contribution in [2.24, 2.45) is 5.92 Å². The van der Waals surface area contributed by atoms with Gasteiger partial charge in [0, 0.05) is 6.42 Å². The summed E-state index contributed by atoms with van der Waals surface area (Å²) in [6, 6.07) is 10.1. The molecule has 0 fully saturated rings. The van der Waals surface area contributed by atoms with Gasteiger partial charge in [-0.05, 0) is 42.2 Å². The summed E-state index contributed by atoms with van der Waals surface area (Å²) in [5.41, 5.74) is 1.47. The summed E-state index contributed by atoms with van der Waals surface area (Å²) in [5, 5.41) is 12.9. The van der Waals surface area contributed by atoms with Crippen LogP contribution >= 0.6 is 0 Å². The van der Waals surface area contributed by atoms with Gasteiger partial charge in [-0.15, -0.1) is 0 Å². The minimum absolute atomic E-state index is 0.0334. The van der Waals surface area contributed by atoms with E-state index in [-0.39, 0.29) is 23.3 Å². The van der Waals surface area contributed by atoms with Crippen molar-refractivity contribution in [2.45, 2.75) is 33.2 Å². The van der Waals surface area contributed by atoms with E-state index in [4.69, 9.17) is 14.2 Å². The van der Waals surface area contributed by atoms with Gasteiger partial charge in [-0.3, -0.25) is 4.79 Å². The summed E-state index contributed by atoms with van der Waals surface area (Å²) in [6.45, 7) is 6.41. The van der Waals surface area contributed by atoms with Crippen molar-refractivity contribution in [3.63, 3.8) is 0 Å². The Bertz CT molecular complexity index is 924. The molecule has 1 heterocycles. The molecular formula is C23H27NO6. The van der Waals surface area contributed by atoms with Gasteiger partial charge < -0.3 is 24.6 Å². The van der Waals surface area contributed by atoms with Gasteiger partial charge in [0.15, 0.2) is 18.1 Å². The Morgan fingerprint density at radius 2 is 1.87 bits per heavy atom. The number of hydrogen-bond acceptors (Lipinski definition) is 6. The van der Waals surface area contributed by atoms with Crippen molar-refractivity contribution in [1.29, 1.82) is 0 Å². The van der Waals surface area contributed by atoms with Crippen LogP contribution in [0.1, 0.15) is 47.8 Å². The molecule has 1 amide bonds. The van der Waals surface area contributed by atoms with Gasteiger partial charge in [0.25, 0.3) is 5.91 Å². The molecule has 0 bridgehead atoms. The van der Waals surface area contributed by atoms with Crippen LogP contribution < -0.4 is 14.8 Å². The molecule has 0 saturated carbocycles. The van der Waals surface area contributed by atoms with E-state index in [2.05, 4.69) is 5.32 Å². The fraction of sp³-hybridized carbons (Fsp3) is 0.391. The maximum atomic E-state index is 12.5. The van der Waals surface area contributed by atoms with Crippen LogP contribution in [0.5, 0.6) is 17.2 Å². The van der Waals surface area contributed by atoms with Crippen LogP contribution in [0.15, 0.2) is 36.4 Å². The number of nitrogens with one attached hydrogen (secondary N) is 1. The molecule has 0 radical (unpaired) electrons. The van der Waals surface area contributed by atoms with Crippen molar-refractivity contribution in [2.75, 3.05) is 19.8 Å².